The number of allylic oxidation sites excluding steroid dienone is 1. The molecular formula is C39H77NO4. The number of hydrogen-bond donors (Lipinski definition) is 4. The van der Waals surface area contributed by atoms with Crippen LogP contribution in [0.3, 0.4) is 0 Å². The van der Waals surface area contributed by atoms with E-state index in [-0.39, 0.29) is 18.9 Å². The Hall–Kier alpha value is -0.910. The molecule has 0 heterocycles. The zero-order valence-corrected chi connectivity index (χ0v) is 29.6. The Morgan fingerprint density at radius 3 is 1.32 bits per heavy atom. The zero-order chi connectivity index (χ0) is 32.4. The maximum absolute atomic E-state index is 12.4. The van der Waals surface area contributed by atoms with E-state index in [1.165, 1.54) is 154 Å². The highest BCUT2D eigenvalue weighted by Gasteiger charge is 2.20. The molecule has 0 bridgehead atoms. The Morgan fingerprint density at radius 1 is 0.568 bits per heavy atom. The third-order valence-electron chi connectivity index (χ3n) is 9.07. The van der Waals surface area contributed by atoms with Gasteiger partial charge in [0.25, 0.3) is 0 Å². The summed E-state index contributed by atoms with van der Waals surface area (Å²) < 4.78 is 0. The maximum Gasteiger partial charge on any atom is 0.222 e. The van der Waals surface area contributed by atoms with Gasteiger partial charge in [0.1, 0.15) is 0 Å². The average molecular weight is 624 g/mol. The van der Waals surface area contributed by atoms with Crippen LogP contribution in [0.1, 0.15) is 206 Å². The first-order chi connectivity index (χ1) is 21.5. The van der Waals surface area contributed by atoms with Gasteiger partial charge >= 0.3 is 0 Å². The van der Waals surface area contributed by atoms with Gasteiger partial charge in [0, 0.05) is 0 Å². The van der Waals surface area contributed by atoms with Crippen LogP contribution in [0, 0.1) is 0 Å². The third-order valence-corrected chi connectivity index (χ3v) is 9.07. The Labute approximate surface area is 274 Å². The molecular weight excluding hydrogens is 546 g/mol. The van der Waals surface area contributed by atoms with Crippen molar-refractivity contribution in [1.29, 1.82) is 0 Å². The standard InChI is InChI=1S/C39H77NO4/c1-3-5-7-9-11-13-15-17-19-21-23-25-27-29-31-33-38(43)37(35-41)40-39(44)34-36(42)32-30-28-26-24-22-20-18-16-14-12-10-8-6-4-2/h31,33,36-38,41-43H,3-30,32,34-35H2,1-2H3,(H,40,44)/b33-31+. The molecule has 0 aromatic carbocycles. The molecule has 0 aliphatic rings. The molecule has 5 heteroatoms. The number of rotatable bonds is 35. The number of carbonyl (C=O) groups is 1. The van der Waals surface area contributed by atoms with Crippen molar-refractivity contribution in [3.63, 3.8) is 0 Å². The minimum absolute atomic E-state index is 0.0182. The normalized spacial score (nSPS) is 13.8. The van der Waals surface area contributed by atoms with Gasteiger partial charge in [0.15, 0.2) is 0 Å². The molecule has 0 aliphatic heterocycles. The number of carbonyl (C=O) groups excluding carboxylic acids is 1. The molecule has 3 atom stereocenters. The minimum Gasteiger partial charge on any atom is -0.394 e. The molecule has 1 amide bonds. The molecule has 0 aromatic heterocycles. The fraction of sp³-hybridized carbons (Fsp3) is 0.923. The monoisotopic (exact) mass is 624 g/mol. The molecule has 0 saturated carbocycles. The van der Waals surface area contributed by atoms with E-state index < -0.39 is 18.2 Å². The number of hydrogen-bond acceptors (Lipinski definition) is 4. The lowest BCUT2D eigenvalue weighted by atomic mass is 10.0. The van der Waals surface area contributed by atoms with Crippen LogP contribution in [0.25, 0.3) is 0 Å². The van der Waals surface area contributed by atoms with Crippen LogP contribution in [0.2, 0.25) is 0 Å². The van der Waals surface area contributed by atoms with Crippen LogP contribution < -0.4 is 5.32 Å². The van der Waals surface area contributed by atoms with E-state index in [0.717, 1.165) is 25.7 Å². The SMILES string of the molecule is CCCCCCCCCCCCCCC/C=C/C(O)C(CO)NC(=O)CC(O)CCCCCCCCCCCCCCCC. The van der Waals surface area contributed by atoms with Crippen molar-refractivity contribution in [2.45, 2.75) is 225 Å². The lowest BCUT2D eigenvalue weighted by Crippen LogP contribution is -2.45. The molecule has 0 saturated heterocycles. The van der Waals surface area contributed by atoms with Gasteiger partial charge in [-0.1, -0.05) is 193 Å². The predicted molar refractivity (Wildman–Crippen MR) is 190 cm³/mol. The first-order valence-electron chi connectivity index (χ1n) is 19.5. The lowest BCUT2D eigenvalue weighted by Gasteiger charge is -2.21. The molecule has 262 valence electrons. The number of amides is 1. The second-order valence-corrected chi connectivity index (χ2v) is 13.5. The van der Waals surface area contributed by atoms with E-state index in [2.05, 4.69) is 19.2 Å². The van der Waals surface area contributed by atoms with Gasteiger partial charge in [-0.25, -0.2) is 0 Å². The molecule has 44 heavy (non-hydrogen) atoms. The van der Waals surface area contributed by atoms with Crippen molar-refractivity contribution in [3.05, 3.63) is 12.2 Å². The summed E-state index contributed by atoms with van der Waals surface area (Å²) in [4.78, 5) is 12.4. The first-order valence-corrected chi connectivity index (χ1v) is 19.5. The zero-order valence-electron chi connectivity index (χ0n) is 29.6. The smallest absolute Gasteiger partial charge is 0.222 e. The third kappa shape index (κ3) is 31.1. The van der Waals surface area contributed by atoms with Gasteiger partial charge in [0.2, 0.25) is 5.91 Å². The number of aliphatic hydroxyl groups is 3. The highest BCUT2D eigenvalue weighted by atomic mass is 16.3. The quantitative estimate of drug-likeness (QED) is 0.0418. The lowest BCUT2D eigenvalue weighted by molar-refractivity contribution is -0.124. The van der Waals surface area contributed by atoms with E-state index in [0.29, 0.717) is 6.42 Å². The molecule has 0 aromatic rings. The molecule has 3 unspecified atom stereocenters. The summed E-state index contributed by atoms with van der Waals surface area (Å²) in [6, 6.07) is -0.737. The summed E-state index contributed by atoms with van der Waals surface area (Å²) in [5.74, 6) is -0.314. The van der Waals surface area contributed by atoms with E-state index in [1.807, 2.05) is 6.08 Å². The second kappa shape index (κ2) is 35.0. The number of unbranched alkanes of at least 4 members (excludes halogenated alkanes) is 26. The van der Waals surface area contributed by atoms with E-state index >= 15 is 0 Å². The Bertz CT molecular complexity index is 611. The van der Waals surface area contributed by atoms with Gasteiger partial charge in [-0.3, -0.25) is 4.79 Å². The van der Waals surface area contributed by atoms with Gasteiger partial charge in [0.05, 0.1) is 31.3 Å². The molecule has 0 rings (SSSR count). The summed E-state index contributed by atoms with van der Waals surface area (Å²) >= 11 is 0. The van der Waals surface area contributed by atoms with Crippen LogP contribution in [0.5, 0.6) is 0 Å². The number of nitrogens with one attached hydrogen (secondary N) is 1. The molecule has 0 fully saturated rings. The van der Waals surface area contributed by atoms with Gasteiger partial charge in [-0.05, 0) is 19.3 Å². The summed E-state index contributed by atoms with van der Waals surface area (Å²) in [6.45, 7) is 4.21. The van der Waals surface area contributed by atoms with Crippen molar-refractivity contribution in [2.24, 2.45) is 0 Å². The van der Waals surface area contributed by atoms with Crippen LogP contribution >= 0.6 is 0 Å². The molecule has 0 spiro atoms. The van der Waals surface area contributed by atoms with Crippen molar-refractivity contribution in [2.75, 3.05) is 6.61 Å². The number of aliphatic hydroxyl groups excluding tert-OH is 3. The van der Waals surface area contributed by atoms with Crippen molar-refractivity contribution >= 4 is 5.91 Å². The van der Waals surface area contributed by atoms with E-state index in [1.54, 1.807) is 6.08 Å². The molecule has 4 N–H and O–H groups in total. The first kappa shape index (κ1) is 43.1. The maximum atomic E-state index is 12.4. The summed E-state index contributed by atoms with van der Waals surface area (Å²) in [7, 11) is 0. The summed E-state index contributed by atoms with van der Waals surface area (Å²) in [6.07, 6.45) is 39.1. The average Bonchev–Trinajstić information content (AvgIpc) is 3.01. The molecule has 5 nitrogen and oxygen atoms in total. The predicted octanol–water partition coefficient (Wildman–Crippen LogP) is 10.5. The second-order valence-electron chi connectivity index (χ2n) is 13.5. The summed E-state index contributed by atoms with van der Waals surface area (Å²) in [5, 5.41) is 33.1. The minimum atomic E-state index is -0.922. The van der Waals surface area contributed by atoms with Crippen molar-refractivity contribution in [1.82, 2.24) is 5.32 Å². The van der Waals surface area contributed by atoms with Gasteiger partial charge < -0.3 is 20.6 Å². The highest BCUT2D eigenvalue weighted by molar-refractivity contribution is 5.76. The van der Waals surface area contributed by atoms with Gasteiger partial charge in [-0.2, -0.15) is 0 Å². The van der Waals surface area contributed by atoms with Crippen LogP contribution in [-0.2, 0) is 4.79 Å². The van der Waals surface area contributed by atoms with Crippen LogP contribution in [0.4, 0.5) is 0 Å². The molecule has 0 radical (unpaired) electrons. The molecule has 0 aliphatic carbocycles. The Kier molecular flexibility index (Phi) is 34.2. The van der Waals surface area contributed by atoms with Crippen molar-refractivity contribution in [3.8, 4) is 0 Å². The fourth-order valence-corrected chi connectivity index (χ4v) is 6.05. The Balaban J connectivity index is 3.70. The van der Waals surface area contributed by atoms with Crippen molar-refractivity contribution < 1.29 is 20.1 Å². The highest BCUT2D eigenvalue weighted by Crippen LogP contribution is 2.15. The van der Waals surface area contributed by atoms with E-state index in [9.17, 15) is 20.1 Å². The fourth-order valence-electron chi connectivity index (χ4n) is 6.05. The van der Waals surface area contributed by atoms with Crippen LogP contribution in [-0.4, -0.2) is 46.1 Å². The van der Waals surface area contributed by atoms with Gasteiger partial charge in [-0.15, -0.1) is 0 Å². The summed E-state index contributed by atoms with van der Waals surface area (Å²) in [5.41, 5.74) is 0. The topological polar surface area (TPSA) is 89.8 Å². The Morgan fingerprint density at radius 2 is 0.932 bits per heavy atom. The van der Waals surface area contributed by atoms with E-state index in [4.69, 9.17) is 0 Å². The largest absolute Gasteiger partial charge is 0.394 e. The van der Waals surface area contributed by atoms with Crippen LogP contribution in [0.15, 0.2) is 12.2 Å².